The number of rotatable bonds is 6. The highest BCUT2D eigenvalue weighted by molar-refractivity contribution is 8.26. The molecular weight excluding hydrogens is 368 g/mol. The Hall–Kier alpha value is -2.51. The van der Waals surface area contributed by atoms with Crippen molar-refractivity contribution in [3.63, 3.8) is 0 Å². The minimum Gasteiger partial charge on any atom is -0.497 e. The van der Waals surface area contributed by atoms with E-state index in [-0.39, 0.29) is 5.91 Å². The maximum Gasteiger partial charge on any atom is 0.267 e. The zero-order valence-corrected chi connectivity index (χ0v) is 16.0. The number of nitrogens with one attached hydrogen (secondary N) is 1. The van der Waals surface area contributed by atoms with E-state index in [1.54, 1.807) is 19.1 Å². The van der Waals surface area contributed by atoms with Gasteiger partial charge in [0.2, 0.25) is 0 Å². The first-order valence-electron chi connectivity index (χ1n) is 7.88. The zero-order valence-electron chi connectivity index (χ0n) is 14.4. The summed E-state index contributed by atoms with van der Waals surface area (Å²) < 4.78 is 10.8. The number of amides is 1. The van der Waals surface area contributed by atoms with Crippen LogP contribution in [0.25, 0.3) is 6.08 Å². The van der Waals surface area contributed by atoms with E-state index in [9.17, 15) is 4.79 Å². The van der Waals surface area contributed by atoms with Gasteiger partial charge < -0.3 is 14.8 Å². The third-order valence-corrected chi connectivity index (χ3v) is 5.20. The van der Waals surface area contributed by atoms with Gasteiger partial charge in [-0.2, -0.15) is 0 Å². The van der Waals surface area contributed by atoms with Gasteiger partial charge in [0.15, 0.2) is 0 Å². The number of anilines is 1. The summed E-state index contributed by atoms with van der Waals surface area (Å²) in [6, 6.07) is 15.0. The molecule has 0 saturated carbocycles. The van der Waals surface area contributed by atoms with Crippen LogP contribution in [0.5, 0.6) is 11.5 Å². The molecule has 5 nitrogen and oxygen atoms in total. The number of hydrogen-bond donors (Lipinski definition) is 1. The van der Waals surface area contributed by atoms with Crippen LogP contribution in [-0.4, -0.2) is 36.0 Å². The summed E-state index contributed by atoms with van der Waals surface area (Å²) in [4.78, 5) is 14.8. The Kier molecular flexibility index (Phi) is 5.80. The number of thiocarbonyl (C=S) groups is 1. The zero-order chi connectivity index (χ0) is 18.5. The Bertz CT molecular complexity index is 833. The fourth-order valence-electron chi connectivity index (χ4n) is 2.37. The molecule has 2 aromatic carbocycles. The fourth-order valence-corrected chi connectivity index (χ4v) is 3.62. The molecule has 1 aliphatic rings. The van der Waals surface area contributed by atoms with Crippen LogP contribution in [0.1, 0.15) is 5.56 Å². The molecule has 1 amide bonds. The van der Waals surface area contributed by atoms with Crippen molar-refractivity contribution >= 4 is 46.0 Å². The summed E-state index contributed by atoms with van der Waals surface area (Å²) in [7, 11) is 3.24. The van der Waals surface area contributed by atoms with Crippen molar-refractivity contribution in [2.75, 3.05) is 26.2 Å². The van der Waals surface area contributed by atoms with E-state index >= 15 is 0 Å². The molecule has 2 aromatic rings. The third kappa shape index (κ3) is 4.17. The number of benzene rings is 2. The largest absolute Gasteiger partial charge is 0.497 e. The molecule has 1 N–H and O–H groups in total. The number of thioether (sulfide) groups is 1. The van der Waals surface area contributed by atoms with Crippen LogP contribution >= 0.6 is 24.0 Å². The van der Waals surface area contributed by atoms with E-state index in [0.29, 0.717) is 15.9 Å². The molecular formula is C19H18N2O3S2. The Morgan fingerprint density at radius 3 is 2.19 bits per heavy atom. The van der Waals surface area contributed by atoms with Gasteiger partial charge in [-0.25, -0.2) is 0 Å². The summed E-state index contributed by atoms with van der Waals surface area (Å²) in [6.45, 7) is 0.316. The van der Waals surface area contributed by atoms with Gasteiger partial charge in [0, 0.05) is 5.69 Å². The summed E-state index contributed by atoms with van der Waals surface area (Å²) in [5.74, 6) is 1.46. The molecule has 7 heteroatoms. The van der Waals surface area contributed by atoms with Crippen LogP contribution in [0.3, 0.4) is 0 Å². The molecule has 3 rings (SSSR count). The molecule has 1 heterocycles. The number of nitrogens with zero attached hydrogens (tertiary/aromatic N) is 1. The van der Waals surface area contributed by atoms with Gasteiger partial charge in [-0.1, -0.05) is 36.1 Å². The fraction of sp³-hybridized carbons (Fsp3) is 0.158. The Morgan fingerprint density at radius 1 is 1.04 bits per heavy atom. The van der Waals surface area contributed by atoms with Crippen molar-refractivity contribution in [3.05, 3.63) is 59.0 Å². The molecule has 26 heavy (non-hydrogen) atoms. The second kappa shape index (κ2) is 8.25. The lowest BCUT2D eigenvalue weighted by Crippen LogP contribution is -2.33. The second-order valence-corrected chi connectivity index (χ2v) is 7.12. The monoisotopic (exact) mass is 386 g/mol. The van der Waals surface area contributed by atoms with Crippen molar-refractivity contribution < 1.29 is 14.3 Å². The first-order chi connectivity index (χ1) is 12.6. The van der Waals surface area contributed by atoms with Crippen LogP contribution in [0, 0.1) is 0 Å². The molecule has 0 atom stereocenters. The molecule has 0 radical (unpaired) electrons. The molecule has 0 spiro atoms. The number of methoxy groups -OCH3 is 2. The Labute approximate surface area is 162 Å². The normalized spacial score (nSPS) is 15.5. The maximum atomic E-state index is 12.6. The smallest absolute Gasteiger partial charge is 0.267 e. The van der Waals surface area contributed by atoms with E-state index in [2.05, 4.69) is 5.32 Å². The summed E-state index contributed by atoms with van der Waals surface area (Å²) in [5.41, 5.74) is 1.81. The lowest BCUT2D eigenvalue weighted by molar-refractivity contribution is -0.121. The molecule has 1 aliphatic heterocycles. The highest BCUT2D eigenvalue weighted by atomic mass is 32.2. The average molecular weight is 386 g/mol. The predicted molar refractivity (Wildman–Crippen MR) is 109 cm³/mol. The summed E-state index contributed by atoms with van der Waals surface area (Å²) >= 11 is 6.66. The topological polar surface area (TPSA) is 50.8 Å². The molecule has 134 valence electrons. The number of hydrogen-bond acceptors (Lipinski definition) is 6. The van der Waals surface area contributed by atoms with Crippen molar-refractivity contribution in [3.8, 4) is 11.5 Å². The number of carbonyl (C=O) groups excluding carboxylic acids is 1. The minimum absolute atomic E-state index is 0.100. The van der Waals surface area contributed by atoms with E-state index in [4.69, 9.17) is 21.7 Å². The van der Waals surface area contributed by atoms with E-state index in [0.717, 1.165) is 22.7 Å². The summed E-state index contributed by atoms with van der Waals surface area (Å²) in [5, 5.41) is 3.20. The van der Waals surface area contributed by atoms with Crippen molar-refractivity contribution in [1.29, 1.82) is 0 Å². The SMILES string of the molecule is COc1ccc(/C=C2/SC(=S)N(CNc3ccc(OC)cc3)C2=O)cc1. The van der Waals surface area contributed by atoms with Gasteiger partial charge in [-0.3, -0.25) is 9.69 Å². The molecule has 0 aliphatic carbocycles. The quantitative estimate of drug-likeness (QED) is 0.599. The van der Waals surface area contributed by atoms with Gasteiger partial charge in [-0.15, -0.1) is 0 Å². The van der Waals surface area contributed by atoms with Gasteiger partial charge in [0.05, 0.1) is 25.8 Å². The van der Waals surface area contributed by atoms with Gasteiger partial charge in [0.25, 0.3) is 5.91 Å². The minimum atomic E-state index is -0.100. The van der Waals surface area contributed by atoms with Crippen LogP contribution in [0.4, 0.5) is 5.69 Å². The Morgan fingerprint density at radius 2 is 1.62 bits per heavy atom. The molecule has 1 fully saturated rings. The summed E-state index contributed by atoms with van der Waals surface area (Å²) in [6.07, 6.45) is 1.84. The highest BCUT2D eigenvalue weighted by Crippen LogP contribution is 2.32. The van der Waals surface area contributed by atoms with Crippen molar-refractivity contribution in [2.24, 2.45) is 0 Å². The predicted octanol–water partition coefficient (Wildman–Crippen LogP) is 3.97. The first kappa shape index (κ1) is 18.3. The van der Waals surface area contributed by atoms with Crippen molar-refractivity contribution in [1.82, 2.24) is 4.90 Å². The number of ether oxygens (including phenoxy) is 2. The molecule has 0 unspecified atom stereocenters. The standard InChI is InChI=1S/C19H18N2O3S2/c1-23-15-7-3-13(4-8-15)11-17-18(22)21(19(25)26-17)12-20-14-5-9-16(24-2)10-6-14/h3-11,20H,12H2,1-2H3/b17-11+. The molecule has 0 bridgehead atoms. The van der Waals surface area contributed by atoms with E-state index in [1.807, 2.05) is 54.6 Å². The lowest BCUT2D eigenvalue weighted by Gasteiger charge is -2.16. The van der Waals surface area contributed by atoms with Crippen LogP contribution in [0.2, 0.25) is 0 Å². The third-order valence-electron chi connectivity index (χ3n) is 3.82. The Balaban J connectivity index is 1.66. The van der Waals surface area contributed by atoms with Crippen LogP contribution in [0.15, 0.2) is 53.4 Å². The van der Waals surface area contributed by atoms with E-state index < -0.39 is 0 Å². The van der Waals surface area contributed by atoms with Crippen LogP contribution < -0.4 is 14.8 Å². The van der Waals surface area contributed by atoms with Gasteiger partial charge in [0.1, 0.15) is 15.8 Å². The maximum absolute atomic E-state index is 12.6. The van der Waals surface area contributed by atoms with E-state index in [1.165, 1.54) is 11.8 Å². The van der Waals surface area contributed by atoms with Crippen molar-refractivity contribution in [2.45, 2.75) is 0 Å². The van der Waals surface area contributed by atoms with Crippen LogP contribution in [-0.2, 0) is 4.79 Å². The van der Waals surface area contributed by atoms with Gasteiger partial charge in [-0.05, 0) is 48.0 Å². The molecule has 1 saturated heterocycles. The molecule has 0 aromatic heterocycles. The second-order valence-electron chi connectivity index (χ2n) is 5.45. The average Bonchev–Trinajstić information content (AvgIpc) is 2.94. The lowest BCUT2D eigenvalue weighted by atomic mass is 10.2. The first-order valence-corrected chi connectivity index (χ1v) is 9.10. The van der Waals surface area contributed by atoms with Gasteiger partial charge >= 0.3 is 0 Å². The highest BCUT2D eigenvalue weighted by Gasteiger charge is 2.31. The number of carbonyl (C=O) groups is 1.